The molecule has 0 atom stereocenters. The van der Waals surface area contributed by atoms with E-state index in [0.717, 1.165) is 82.3 Å². The third-order valence-corrected chi connectivity index (χ3v) is 11.0. The summed E-state index contributed by atoms with van der Waals surface area (Å²) >= 11 is 8.73. The molecule has 0 fully saturated rings. The van der Waals surface area contributed by atoms with Crippen molar-refractivity contribution in [2.75, 3.05) is 24.9 Å². The number of benzene rings is 2. The van der Waals surface area contributed by atoms with E-state index in [1.54, 1.807) is 57.1 Å². The molecule has 2 aromatic carbocycles. The monoisotopic (exact) mass is 736 g/mol. The number of ether oxygens (including phenoxy) is 2. The Morgan fingerprint density at radius 1 is 0.667 bits per heavy atom. The first-order valence-corrected chi connectivity index (χ1v) is 18.4. The Kier molecular flexibility index (Phi) is 10.3. The summed E-state index contributed by atoms with van der Waals surface area (Å²) in [5.74, 6) is 1.20. The number of methoxy groups -OCH3 is 2. The number of hydrogen-bond donors (Lipinski definition) is 2. The first-order chi connectivity index (χ1) is 24.9. The van der Waals surface area contributed by atoms with Gasteiger partial charge < -0.3 is 20.1 Å². The van der Waals surface area contributed by atoms with Gasteiger partial charge in [-0.2, -0.15) is 0 Å². The zero-order valence-electron chi connectivity index (χ0n) is 27.9. The summed E-state index contributed by atoms with van der Waals surface area (Å²) in [6.45, 7) is 0. The van der Waals surface area contributed by atoms with Crippen LogP contribution in [0.25, 0.3) is 20.9 Å². The molecule has 0 saturated carbocycles. The van der Waals surface area contributed by atoms with Gasteiger partial charge in [-0.15, -0.1) is 22.7 Å². The van der Waals surface area contributed by atoms with Crippen LogP contribution in [0.5, 0.6) is 11.5 Å². The van der Waals surface area contributed by atoms with Crippen molar-refractivity contribution in [3.05, 3.63) is 117 Å². The molecule has 0 radical (unpaired) electrons. The van der Waals surface area contributed by atoms with E-state index in [9.17, 15) is 9.59 Å². The van der Waals surface area contributed by atoms with Crippen LogP contribution in [-0.2, 0) is 25.7 Å². The van der Waals surface area contributed by atoms with Crippen molar-refractivity contribution in [3.63, 3.8) is 0 Å². The summed E-state index contributed by atoms with van der Waals surface area (Å²) in [6, 6.07) is 19.1. The van der Waals surface area contributed by atoms with Crippen molar-refractivity contribution < 1.29 is 19.1 Å². The lowest BCUT2D eigenvalue weighted by Crippen LogP contribution is -2.11. The molecule has 4 aromatic heterocycles. The molecule has 2 aliphatic rings. The van der Waals surface area contributed by atoms with E-state index in [1.165, 1.54) is 33.8 Å². The molecular weight excluding hydrogens is 704 g/mol. The number of nitrogens with zero attached hydrogens (tertiary/aromatic N) is 4. The highest BCUT2D eigenvalue weighted by Crippen LogP contribution is 2.40. The minimum absolute atomic E-state index is 0.186. The second-order valence-corrected chi connectivity index (χ2v) is 14.2. The lowest BCUT2D eigenvalue weighted by Gasteiger charge is -2.08. The third kappa shape index (κ3) is 7.78. The molecule has 13 heteroatoms. The molecule has 51 heavy (non-hydrogen) atoms. The molecule has 0 unspecified atom stereocenters. The van der Waals surface area contributed by atoms with E-state index in [2.05, 4.69) is 42.7 Å². The highest BCUT2D eigenvalue weighted by atomic mass is 35.5. The highest BCUT2D eigenvalue weighted by Gasteiger charge is 2.24. The summed E-state index contributed by atoms with van der Waals surface area (Å²) in [4.78, 5) is 44.4. The van der Waals surface area contributed by atoms with Gasteiger partial charge in [-0.3, -0.25) is 14.6 Å². The van der Waals surface area contributed by atoms with E-state index in [-0.39, 0.29) is 11.8 Å². The molecule has 258 valence electrons. The average molecular weight is 737 g/mol. The number of aryl methyl sites for hydroxylation is 4. The second-order valence-electron chi connectivity index (χ2n) is 11.9. The third-order valence-electron chi connectivity index (χ3n) is 8.55. The maximum Gasteiger partial charge on any atom is 0.284 e. The van der Waals surface area contributed by atoms with Crippen molar-refractivity contribution in [2.45, 2.75) is 38.5 Å². The predicted molar refractivity (Wildman–Crippen MR) is 202 cm³/mol. The zero-order chi connectivity index (χ0) is 35.3. The van der Waals surface area contributed by atoms with Crippen molar-refractivity contribution in [3.8, 4) is 32.4 Å². The summed E-state index contributed by atoms with van der Waals surface area (Å²) in [5.41, 5.74) is 8.07. The van der Waals surface area contributed by atoms with Crippen LogP contribution in [0.3, 0.4) is 0 Å². The molecule has 0 aliphatic heterocycles. The quantitative estimate of drug-likeness (QED) is 0.163. The van der Waals surface area contributed by atoms with Crippen LogP contribution in [0, 0.1) is 0 Å². The minimum atomic E-state index is -0.241. The number of thiazole rings is 2. The fourth-order valence-electron chi connectivity index (χ4n) is 6.06. The van der Waals surface area contributed by atoms with Crippen LogP contribution in [-0.4, -0.2) is 46.0 Å². The average Bonchev–Trinajstić information content (AvgIpc) is 3.69. The number of carbonyl (C=O) groups is 2. The highest BCUT2D eigenvalue weighted by molar-refractivity contribution is 7.17. The van der Waals surface area contributed by atoms with Gasteiger partial charge in [0.15, 0.2) is 10.0 Å². The smallest absolute Gasteiger partial charge is 0.284 e. The van der Waals surface area contributed by atoms with Crippen molar-refractivity contribution >= 4 is 57.5 Å². The maximum absolute atomic E-state index is 12.6. The number of rotatable bonds is 6. The number of pyridine rings is 2. The summed E-state index contributed by atoms with van der Waals surface area (Å²) in [7, 11) is 3.32. The Bertz CT molecular complexity index is 2220. The Hall–Kier alpha value is -5.17. The number of halogens is 1. The van der Waals surface area contributed by atoms with E-state index in [1.807, 2.05) is 24.3 Å². The number of fused-ring (bicyclic) bond motifs is 6. The molecule has 4 heterocycles. The van der Waals surface area contributed by atoms with E-state index >= 15 is 0 Å². The first-order valence-electron chi connectivity index (χ1n) is 16.4. The fourth-order valence-corrected chi connectivity index (χ4v) is 8.35. The van der Waals surface area contributed by atoms with Crippen molar-refractivity contribution in [1.29, 1.82) is 0 Å². The largest absolute Gasteiger partial charge is 0.497 e. The van der Waals surface area contributed by atoms with Crippen LogP contribution in [0.1, 0.15) is 55.0 Å². The van der Waals surface area contributed by atoms with Gasteiger partial charge in [0.2, 0.25) is 0 Å². The van der Waals surface area contributed by atoms with E-state index in [4.69, 9.17) is 21.1 Å². The molecule has 0 saturated heterocycles. The lowest BCUT2D eigenvalue weighted by molar-refractivity contribution is 0.101. The molecule has 6 aromatic rings. The molecule has 2 N–H and O–H groups in total. The van der Waals surface area contributed by atoms with Crippen LogP contribution >= 0.6 is 34.3 Å². The number of aromatic nitrogens is 4. The zero-order valence-corrected chi connectivity index (χ0v) is 30.3. The van der Waals surface area contributed by atoms with Crippen molar-refractivity contribution in [1.82, 2.24) is 19.9 Å². The number of hydrogen-bond acceptors (Lipinski definition) is 10. The molecule has 2 aliphatic carbocycles. The first kappa shape index (κ1) is 34.3. The van der Waals surface area contributed by atoms with Crippen molar-refractivity contribution in [2.24, 2.45) is 0 Å². The minimum Gasteiger partial charge on any atom is -0.497 e. The van der Waals surface area contributed by atoms with Gasteiger partial charge in [0, 0.05) is 41.1 Å². The normalized spacial score (nSPS) is 12.7. The molecular formula is C38H33ClN6O4S2. The summed E-state index contributed by atoms with van der Waals surface area (Å²) in [6.07, 6.45) is 10.6. The number of anilines is 2. The summed E-state index contributed by atoms with van der Waals surface area (Å²) in [5, 5.41) is 6.96. The Morgan fingerprint density at radius 3 is 1.69 bits per heavy atom. The number of nitrogens with one attached hydrogen (secondary N) is 2. The predicted octanol–water partition coefficient (Wildman–Crippen LogP) is 8.56. The maximum atomic E-state index is 12.6. The van der Waals surface area contributed by atoms with Gasteiger partial charge in [-0.05, 0) is 98.2 Å². The SMILES string of the molecule is COc1ccc2c(c1)-c1sc(C(=O)Nc3ccnc(Cl)c3)nc1CCC2.COc1ccc2c(c1)-c1sc(C(=O)Nc3ccncc3)nc1CCC2. The number of amides is 2. The van der Waals surface area contributed by atoms with Gasteiger partial charge in [-0.1, -0.05) is 23.7 Å². The topological polar surface area (TPSA) is 128 Å². The molecule has 10 nitrogen and oxygen atoms in total. The summed E-state index contributed by atoms with van der Waals surface area (Å²) < 4.78 is 10.7. The second kappa shape index (κ2) is 15.4. The number of carbonyl (C=O) groups excluding carboxylic acids is 2. The molecule has 8 rings (SSSR count). The standard InChI is InChI=1S/C19H16ClN3O2S.C19H17N3O2S/c1-25-13-6-5-11-3-2-4-15-17(14(11)10-13)26-19(23-15)18(24)22-12-7-8-21-16(20)9-12;1-24-14-6-5-12-3-2-4-16-17(15(12)11-14)25-19(22-16)18(23)21-13-7-9-20-10-8-13/h5-10H,2-4H2,1H3,(H,21,22,24);5-11H,2-4H2,1H3,(H,20,21,23). The Balaban J connectivity index is 0.000000159. The van der Waals surface area contributed by atoms with Gasteiger partial charge in [0.25, 0.3) is 11.8 Å². The van der Waals surface area contributed by atoms with Gasteiger partial charge >= 0.3 is 0 Å². The van der Waals surface area contributed by atoms with Crippen LogP contribution in [0.4, 0.5) is 11.4 Å². The molecule has 0 spiro atoms. The van der Waals surface area contributed by atoms with E-state index < -0.39 is 0 Å². The fraction of sp³-hybridized carbons (Fsp3) is 0.211. The van der Waals surface area contributed by atoms with Gasteiger partial charge in [-0.25, -0.2) is 15.0 Å². The van der Waals surface area contributed by atoms with Gasteiger partial charge in [0.05, 0.1) is 35.4 Å². The molecule has 0 bridgehead atoms. The van der Waals surface area contributed by atoms with Crippen LogP contribution in [0.2, 0.25) is 5.15 Å². The van der Waals surface area contributed by atoms with Gasteiger partial charge in [0.1, 0.15) is 16.7 Å². The lowest BCUT2D eigenvalue weighted by atomic mass is 10.0. The molecule has 2 amide bonds. The Labute approximate surface area is 307 Å². The van der Waals surface area contributed by atoms with Crippen LogP contribution in [0.15, 0.2) is 79.3 Å². The van der Waals surface area contributed by atoms with Crippen LogP contribution < -0.4 is 20.1 Å². The Morgan fingerprint density at radius 2 is 1.18 bits per heavy atom. The van der Waals surface area contributed by atoms with E-state index in [0.29, 0.717) is 26.5 Å².